The molecule has 2 aromatic rings. The highest BCUT2D eigenvalue weighted by atomic mass is 79.9. The Morgan fingerprint density at radius 1 is 1.14 bits per heavy atom. The molecule has 0 aliphatic carbocycles. The van der Waals surface area contributed by atoms with Crippen molar-refractivity contribution in [3.05, 3.63) is 65.5 Å². The lowest BCUT2D eigenvalue weighted by Crippen LogP contribution is -2.25. The van der Waals surface area contributed by atoms with Gasteiger partial charge in [-0.1, -0.05) is 34.1 Å². The zero-order chi connectivity index (χ0) is 16.1. The van der Waals surface area contributed by atoms with E-state index in [1.165, 1.54) is 30.3 Å². The molecule has 114 valence electrons. The van der Waals surface area contributed by atoms with Crippen LogP contribution >= 0.6 is 15.9 Å². The Labute approximate surface area is 135 Å². The minimum atomic E-state index is -1.03. The Morgan fingerprint density at radius 2 is 1.77 bits per heavy atom. The summed E-state index contributed by atoms with van der Waals surface area (Å²) < 4.78 is 13.6. The van der Waals surface area contributed by atoms with Crippen molar-refractivity contribution in [3.8, 4) is 0 Å². The lowest BCUT2D eigenvalue weighted by molar-refractivity contribution is -0.115. The van der Waals surface area contributed by atoms with E-state index in [9.17, 15) is 14.0 Å². The van der Waals surface area contributed by atoms with Gasteiger partial charge >= 0.3 is 5.97 Å². The van der Waals surface area contributed by atoms with Crippen molar-refractivity contribution in [1.29, 1.82) is 0 Å². The van der Waals surface area contributed by atoms with Crippen LogP contribution in [0.25, 0.3) is 0 Å². The molecule has 0 fully saturated rings. The molecular formula is C16H13BrFNO3. The van der Waals surface area contributed by atoms with E-state index in [1.54, 1.807) is 18.2 Å². The van der Waals surface area contributed by atoms with E-state index in [1.807, 2.05) is 0 Å². The summed E-state index contributed by atoms with van der Waals surface area (Å²) in [6.07, 6.45) is 0.214. The smallest absolute Gasteiger partial charge is 0.335 e. The van der Waals surface area contributed by atoms with Crippen LogP contribution in [0.2, 0.25) is 0 Å². The van der Waals surface area contributed by atoms with Crippen LogP contribution in [-0.4, -0.2) is 21.8 Å². The van der Waals surface area contributed by atoms with Crippen molar-refractivity contribution in [1.82, 2.24) is 0 Å². The quantitative estimate of drug-likeness (QED) is 0.797. The number of hydrogen-bond donors (Lipinski definition) is 2. The van der Waals surface area contributed by atoms with Gasteiger partial charge in [0.05, 0.1) is 10.4 Å². The molecule has 2 aromatic carbocycles. The van der Waals surface area contributed by atoms with Crippen LogP contribution < -0.4 is 5.32 Å². The molecule has 0 saturated carbocycles. The first-order valence-corrected chi connectivity index (χ1v) is 7.40. The topological polar surface area (TPSA) is 66.4 Å². The monoisotopic (exact) mass is 365 g/mol. The van der Waals surface area contributed by atoms with E-state index in [0.29, 0.717) is 11.3 Å². The van der Waals surface area contributed by atoms with Gasteiger partial charge in [-0.3, -0.25) is 4.79 Å². The van der Waals surface area contributed by atoms with Crippen LogP contribution in [0.1, 0.15) is 15.9 Å². The summed E-state index contributed by atoms with van der Waals surface area (Å²) in [6.45, 7) is 0. The molecule has 1 atom stereocenters. The van der Waals surface area contributed by atoms with Crippen LogP contribution in [-0.2, 0) is 11.2 Å². The van der Waals surface area contributed by atoms with Gasteiger partial charge in [0.15, 0.2) is 0 Å². The van der Waals surface area contributed by atoms with Crippen molar-refractivity contribution < 1.29 is 19.1 Å². The maximum absolute atomic E-state index is 13.6. The van der Waals surface area contributed by atoms with Gasteiger partial charge in [-0.05, 0) is 42.3 Å². The lowest BCUT2D eigenvalue weighted by atomic mass is 10.1. The molecule has 2 N–H and O–H groups in total. The highest BCUT2D eigenvalue weighted by Crippen LogP contribution is 2.16. The maximum Gasteiger partial charge on any atom is 0.335 e. The molecule has 1 unspecified atom stereocenters. The molecule has 0 spiro atoms. The SMILES string of the molecule is O=C(O)c1ccc(NC(=O)C(Br)Cc2ccccc2F)cc1. The number of benzene rings is 2. The Bertz CT molecular complexity index is 688. The number of alkyl halides is 1. The average Bonchev–Trinajstić information content (AvgIpc) is 2.50. The van der Waals surface area contributed by atoms with E-state index in [0.717, 1.165) is 0 Å². The Hall–Kier alpha value is -2.21. The summed E-state index contributed by atoms with van der Waals surface area (Å²) >= 11 is 3.24. The molecule has 0 saturated heterocycles. The molecule has 0 aliphatic rings. The first-order valence-electron chi connectivity index (χ1n) is 6.49. The summed E-state index contributed by atoms with van der Waals surface area (Å²) in [5, 5.41) is 11.5. The first-order chi connectivity index (χ1) is 10.5. The summed E-state index contributed by atoms with van der Waals surface area (Å²) in [4.78, 5) is 22.2. The van der Waals surface area contributed by atoms with Gasteiger partial charge in [0.1, 0.15) is 5.82 Å². The van der Waals surface area contributed by atoms with Gasteiger partial charge in [-0.25, -0.2) is 9.18 Å². The van der Waals surface area contributed by atoms with Crippen LogP contribution in [0.5, 0.6) is 0 Å². The summed E-state index contributed by atoms with van der Waals surface area (Å²) in [5.74, 6) is -1.72. The highest BCUT2D eigenvalue weighted by molar-refractivity contribution is 9.10. The fraction of sp³-hybridized carbons (Fsp3) is 0.125. The molecule has 22 heavy (non-hydrogen) atoms. The van der Waals surface area contributed by atoms with Crippen LogP contribution in [0.4, 0.5) is 10.1 Å². The van der Waals surface area contributed by atoms with E-state index in [-0.39, 0.29) is 23.7 Å². The van der Waals surface area contributed by atoms with Gasteiger partial charge in [-0.15, -0.1) is 0 Å². The van der Waals surface area contributed by atoms with Crippen molar-refractivity contribution >= 4 is 33.5 Å². The molecule has 0 heterocycles. The second-order valence-corrected chi connectivity index (χ2v) is 5.74. The number of hydrogen-bond acceptors (Lipinski definition) is 2. The number of anilines is 1. The Balaban J connectivity index is 1.99. The number of amides is 1. The molecule has 0 radical (unpaired) electrons. The van der Waals surface area contributed by atoms with Crippen molar-refractivity contribution in [2.45, 2.75) is 11.2 Å². The number of carbonyl (C=O) groups excluding carboxylic acids is 1. The predicted octanol–water partition coefficient (Wildman–Crippen LogP) is 3.47. The largest absolute Gasteiger partial charge is 0.478 e. The second kappa shape index (κ2) is 7.17. The zero-order valence-electron chi connectivity index (χ0n) is 11.4. The summed E-state index contributed by atoms with van der Waals surface area (Å²) in [7, 11) is 0. The Kier molecular flexibility index (Phi) is 5.27. The van der Waals surface area contributed by atoms with Crippen molar-refractivity contribution in [2.24, 2.45) is 0 Å². The molecule has 2 rings (SSSR count). The van der Waals surface area contributed by atoms with E-state index < -0.39 is 10.8 Å². The molecule has 1 amide bonds. The minimum absolute atomic E-state index is 0.139. The average molecular weight is 366 g/mol. The number of aromatic carboxylic acids is 1. The second-order valence-electron chi connectivity index (χ2n) is 4.63. The van der Waals surface area contributed by atoms with Crippen molar-refractivity contribution in [2.75, 3.05) is 5.32 Å². The number of rotatable bonds is 5. The highest BCUT2D eigenvalue weighted by Gasteiger charge is 2.17. The van der Waals surface area contributed by atoms with Gasteiger partial charge in [0, 0.05) is 5.69 Å². The molecule has 0 bridgehead atoms. The predicted molar refractivity (Wildman–Crippen MR) is 84.9 cm³/mol. The molecular weight excluding hydrogens is 353 g/mol. The molecule has 0 aromatic heterocycles. The van der Waals surface area contributed by atoms with Crippen LogP contribution in [0.15, 0.2) is 48.5 Å². The standard InChI is InChI=1S/C16H13BrFNO3/c17-13(9-11-3-1-2-4-14(11)18)15(20)19-12-7-5-10(6-8-12)16(21)22/h1-8,13H,9H2,(H,19,20)(H,21,22). The van der Waals surface area contributed by atoms with E-state index >= 15 is 0 Å². The minimum Gasteiger partial charge on any atom is -0.478 e. The van der Waals surface area contributed by atoms with Crippen molar-refractivity contribution in [3.63, 3.8) is 0 Å². The van der Waals surface area contributed by atoms with Gasteiger partial charge < -0.3 is 10.4 Å². The third-order valence-corrected chi connectivity index (χ3v) is 3.78. The first kappa shape index (κ1) is 16.2. The number of nitrogens with one attached hydrogen (secondary N) is 1. The zero-order valence-corrected chi connectivity index (χ0v) is 13.0. The summed E-state index contributed by atoms with van der Waals surface area (Å²) in [6, 6.07) is 12.1. The third-order valence-electron chi connectivity index (χ3n) is 3.04. The number of carboxylic acid groups (broad SMARTS) is 1. The third kappa shape index (κ3) is 4.14. The number of carbonyl (C=O) groups is 2. The van der Waals surface area contributed by atoms with Crippen LogP contribution in [0.3, 0.4) is 0 Å². The number of carboxylic acids is 1. The Morgan fingerprint density at radius 3 is 2.36 bits per heavy atom. The van der Waals surface area contributed by atoms with Gasteiger partial charge in [0.2, 0.25) is 5.91 Å². The van der Waals surface area contributed by atoms with Gasteiger partial charge in [-0.2, -0.15) is 0 Å². The lowest BCUT2D eigenvalue weighted by Gasteiger charge is -2.11. The fourth-order valence-electron chi connectivity index (χ4n) is 1.87. The molecule has 0 aliphatic heterocycles. The molecule has 4 nitrogen and oxygen atoms in total. The molecule has 6 heteroatoms. The summed E-state index contributed by atoms with van der Waals surface area (Å²) in [5.41, 5.74) is 1.06. The fourth-order valence-corrected chi connectivity index (χ4v) is 2.33. The van der Waals surface area contributed by atoms with Gasteiger partial charge in [0.25, 0.3) is 0 Å². The number of halogens is 2. The maximum atomic E-state index is 13.6. The van der Waals surface area contributed by atoms with E-state index in [4.69, 9.17) is 5.11 Å². The van der Waals surface area contributed by atoms with Crippen LogP contribution in [0, 0.1) is 5.82 Å². The van der Waals surface area contributed by atoms with E-state index in [2.05, 4.69) is 21.2 Å². The normalized spacial score (nSPS) is 11.7.